The van der Waals surface area contributed by atoms with Gasteiger partial charge in [0.05, 0.1) is 34.6 Å². The molecule has 1 aliphatic carbocycles. The number of hydrogen-bond acceptors (Lipinski definition) is 8. The molecule has 0 saturated carbocycles. The molecule has 2 amide bonds. The van der Waals surface area contributed by atoms with Crippen LogP contribution in [0.2, 0.25) is 0 Å². The molecule has 5 rings (SSSR count). The summed E-state index contributed by atoms with van der Waals surface area (Å²) in [5, 5.41) is 24.7. The number of thiophene rings is 1. The Morgan fingerprint density at radius 1 is 0.913 bits per heavy atom. The molecule has 1 atom stereocenters. The summed E-state index contributed by atoms with van der Waals surface area (Å²) in [4.78, 5) is 63.6. The van der Waals surface area contributed by atoms with Crippen molar-refractivity contribution in [2.24, 2.45) is 0 Å². The van der Waals surface area contributed by atoms with Gasteiger partial charge in [0.15, 0.2) is 0 Å². The smallest absolute Gasteiger partial charge is 0.341 e. The second-order valence-corrected chi connectivity index (χ2v) is 12.6. The number of thioether (sulfide) groups is 1. The zero-order valence-electron chi connectivity index (χ0n) is 24.7. The summed E-state index contributed by atoms with van der Waals surface area (Å²) in [5.74, 6) is -3.88. The van der Waals surface area contributed by atoms with Crippen LogP contribution in [0.25, 0.3) is 0 Å². The third kappa shape index (κ3) is 7.47. The Morgan fingerprint density at radius 3 is 2.41 bits per heavy atom. The number of carbonyl (C=O) groups is 5. The van der Waals surface area contributed by atoms with Crippen molar-refractivity contribution >= 4 is 63.5 Å². The number of benzene rings is 3. The van der Waals surface area contributed by atoms with Crippen molar-refractivity contribution in [2.75, 3.05) is 23.0 Å². The fourth-order valence-corrected chi connectivity index (χ4v) is 7.42. The Balaban J connectivity index is 1.26. The molecule has 0 radical (unpaired) electrons. The van der Waals surface area contributed by atoms with Crippen LogP contribution in [0.4, 0.5) is 10.7 Å². The van der Waals surface area contributed by atoms with E-state index < -0.39 is 29.4 Å². The molecule has 0 aliphatic heterocycles. The summed E-state index contributed by atoms with van der Waals surface area (Å²) in [6.45, 7) is 1.96. The van der Waals surface area contributed by atoms with Gasteiger partial charge in [0.25, 0.3) is 5.91 Å². The number of carboxylic acid groups (broad SMARTS) is 2. The van der Waals surface area contributed by atoms with E-state index in [0.29, 0.717) is 33.5 Å². The normalized spacial score (nSPS) is 13.7. The molecule has 0 fully saturated rings. The Bertz CT molecular complexity index is 1820. The maximum Gasteiger partial charge on any atom is 0.341 e. The molecule has 10 nitrogen and oxygen atoms in total. The minimum atomic E-state index is -1.43. The van der Waals surface area contributed by atoms with Crippen LogP contribution in [-0.2, 0) is 22.4 Å². The lowest BCUT2D eigenvalue weighted by atomic mass is 9.83. The van der Waals surface area contributed by atoms with Crippen LogP contribution in [0.3, 0.4) is 0 Å². The molecule has 1 heterocycles. The van der Waals surface area contributed by atoms with E-state index in [4.69, 9.17) is 9.84 Å². The molecule has 1 aromatic heterocycles. The maximum absolute atomic E-state index is 13.1. The lowest BCUT2D eigenvalue weighted by Crippen LogP contribution is -2.18. The van der Waals surface area contributed by atoms with E-state index in [1.807, 2.05) is 18.2 Å². The third-order valence-corrected chi connectivity index (χ3v) is 9.64. The number of fused-ring (bicyclic) bond motifs is 1. The van der Waals surface area contributed by atoms with Crippen molar-refractivity contribution in [3.63, 3.8) is 0 Å². The van der Waals surface area contributed by atoms with Gasteiger partial charge in [0.1, 0.15) is 5.00 Å². The van der Waals surface area contributed by atoms with E-state index in [9.17, 15) is 29.1 Å². The zero-order valence-corrected chi connectivity index (χ0v) is 26.3. The number of aromatic carboxylic acids is 2. The molecule has 236 valence electrons. The maximum atomic E-state index is 13.1. The molecule has 0 saturated heterocycles. The first-order valence-electron chi connectivity index (χ1n) is 14.5. The predicted octanol–water partition coefficient (Wildman–Crippen LogP) is 6.58. The summed E-state index contributed by atoms with van der Waals surface area (Å²) < 4.78 is 5.35. The van der Waals surface area contributed by atoms with Gasteiger partial charge in [-0.15, -0.1) is 23.1 Å². The predicted molar refractivity (Wildman–Crippen MR) is 176 cm³/mol. The number of ether oxygens (including phenoxy) is 1. The van der Waals surface area contributed by atoms with Gasteiger partial charge in [-0.05, 0) is 79.6 Å². The average molecular weight is 659 g/mol. The van der Waals surface area contributed by atoms with Crippen molar-refractivity contribution in [2.45, 2.75) is 37.0 Å². The number of nitrogens with one attached hydrogen (secondary N) is 2. The number of esters is 1. The molecule has 1 aliphatic rings. The second kappa shape index (κ2) is 14.4. The van der Waals surface area contributed by atoms with E-state index in [0.717, 1.165) is 41.5 Å². The standard InChI is InChI=1S/C34H30N2O8S2/c1-2-44-34(43)29-25-14-11-20(19-7-4-3-5-8-19)16-27(25)46-31(29)36-28(37)18-45-23-10-6-9-22(17-23)35-30(38)24-13-12-21(32(39)40)15-26(24)33(41)42/h3-10,12-13,15,17,20H,2,11,14,16,18H2,1H3,(H,35,38)(H,36,37)(H,39,40)(H,41,42). The Labute approximate surface area is 272 Å². The van der Waals surface area contributed by atoms with Crippen LogP contribution in [0, 0.1) is 0 Å². The molecule has 4 aromatic rings. The molecule has 1 unspecified atom stereocenters. The lowest BCUT2D eigenvalue weighted by molar-refractivity contribution is -0.113. The van der Waals surface area contributed by atoms with Gasteiger partial charge >= 0.3 is 17.9 Å². The molecule has 4 N–H and O–H groups in total. The Kier molecular flexibility index (Phi) is 10.2. The molecule has 3 aromatic carbocycles. The molecule has 12 heteroatoms. The largest absolute Gasteiger partial charge is 0.478 e. The second-order valence-electron chi connectivity index (χ2n) is 10.5. The highest BCUT2D eigenvalue weighted by Gasteiger charge is 2.31. The van der Waals surface area contributed by atoms with E-state index in [-0.39, 0.29) is 29.4 Å². The van der Waals surface area contributed by atoms with Gasteiger partial charge in [-0.25, -0.2) is 14.4 Å². The van der Waals surface area contributed by atoms with Gasteiger partial charge < -0.3 is 25.6 Å². The van der Waals surface area contributed by atoms with E-state index in [1.165, 1.54) is 28.7 Å². The number of carboxylic acids is 2. The van der Waals surface area contributed by atoms with Gasteiger partial charge in [0, 0.05) is 15.5 Å². The summed E-state index contributed by atoms with van der Waals surface area (Å²) >= 11 is 2.63. The monoisotopic (exact) mass is 658 g/mol. The topological polar surface area (TPSA) is 159 Å². The van der Waals surface area contributed by atoms with Gasteiger partial charge in [0.2, 0.25) is 5.91 Å². The van der Waals surface area contributed by atoms with Gasteiger partial charge in [-0.3, -0.25) is 9.59 Å². The minimum Gasteiger partial charge on any atom is -0.478 e. The summed E-state index contributed by atoms with van der Waals surface area (Å²) in [7, 11) is 0. The number of anilines is 2. The van der Waals surface area contributed by atoms with Crippen molar-refractivity contribution in [1.29, 1.82) is 0 Å². The summed E-state index contributed by atoms with van der Waals surface area (Å²) in [5.41, 5.74) is 2.09. The molecule has 46 heavy (non-hydrogen) atoms. The van der Waals surface area contributed by atoms with Crippen LogP contribution >= 0.6 is 23.1 Å². The highest BCUT2D eigenvalue weighted by Crippen LogP contribution is 2.43. The number of rotatable bonds is 11. The SMILES string of the molecule is CCOC(=O)c1c(NC(=O)CSc2cccc(NC(=O)c3ccc(C(=O)O)cc3C(=O)O)c2)sc2c1CCC(c1ccccc1)C2. The summed E-state index contributed by atoms with van der Waals surface area (Å²) in [6, 6.07) is 20.2. The number of hydrogen-bond donors (Lipinski definition) is 4. The van der Waals surface area contributed by atoms with Crippen LogP contribution in [0.5, 0.6) is 0 Å². The fraction of sp³-hybridized carbons (Fsp3) is 0.206. The lowest BCUT2D eigenvalue weighted by Gasteiger charge is -2.23. The quantitative estimate of drug-likeness (QED) is 0.103. The first-order valence-corrected chi connectivity index (χ1v) is 16.3. The van der Waals surface area contributed by atoms with Crippen molar-refractivity contribution in [3.8, 4) is 0 Å². The van der Waals surface area contributed by atoms with E-state index in [2.05, 4.69) is 22.8 Å². The third-order valence-electron chi connectivity index (χ3n) is 7.47. The van der Waals surface area contributed by atoms with Crippen LogP contribution in [0.1, 0.15) is 76.7 Å². The van der Waals surface area contributed by atoms with Gasteiger partial charge in [-0.1, -0.05) is 36.4 Å². The Morgan fingerprint density at radius 2 is 1.70 bits per heavy atom. The average Bonchev–Trinajstić information content (AvgIpc) is 3.41. The highest BCUT2D eigenvalue weighted by atomic mass is 32.2. The molecular weight excluding hydrogens is 629 g/mol. The van der Waals surface area contributed by atoms with Crippen LogP contribution in [0.15, 0.2) is 77.7 Å². The minimum absolute atomic E-state index is 0.0225. The summed E-state index contributed by atoms with van der Waals surface area (Å²) in [6.07, 6.45) is 2.37. The molecule has 0 spiro atoms. The highest BCUT2D eigenvalue weighted by molar-refractivity contribution is 8.00. The van der Waals surface area contributed by atoms with Crippen molar-refractivity contribution in [1.82, 2.24) is 0 Å². The molecular formula is C34H30N2O8S2. The van der Waals surface area contributed by atoms with E-state index >= 15 is 0 Å². The first-order chi connectivity index (χ1) is 22.1. The fourth-order valence-electron chi connectivity index (χ4n) is 5.33. The van der Waals surface area contributed by atoms with Crippen LogP contribution in [-0.4, -0.2) is 52.3 Å². The van der Waals surface area contributed by atoms with E-state index in [1.54, 1.807) is 31.2 Å². The Hall–Kier alpha value is -4.94. The zero-order chi connectivity index (χ0) is 32.8. The first kappa shape index (κ1) is 32.5. The van der Waals surface area contributed by atoms with Crippen LogP contribution < -0.4 is 10.6 Å². The van der Waals surface area contributed by atoms with Gasteiger partial charge in [-0.2, -0.15) is 0 Å². The molecule has 0 bridgehead atoms. The number of amides is 2. The number of carbonyl (C=O) groups excluding carboxylic acids is 3. The van der Waals surface area contributed by atoms with Crippen molar-refractivity contribution < 1.29 is 38.9 Å². The van der Waals surface area contributed by atoms with Crippen molar-refractivity contribution in [3.05, 3.63) is 111 Å².